The van der Waals surface area contributed by atoms with Crippen LogP contribution in [0.15, 0.2) is 29.4 Å². The van der Waals surface area contributed by atoms with Crippen LogP contribution in [0.3, 0.4) is 0 Å². The molecule has 0 bridgehead atoms. The number of carbonyl (C=O) groups excluding carboxylic acids is 1. The zero-order valence-electron chi connectivity index (χ0n) is 11.1. The molecule has 1 aliphatic rings. The summed E-state index contributed by atoms with van der Waals surface area (Å²) in [7, 11) is -1.35. The summed E-state index contributed by atoms with van der Waals surface area (Å²) in [6.07, 6.45) is 5.28. The number of aldehydes is 1. The highest BCUT2D eigenvalue weighted by Crippen LogP contribution is 2.24. The predicted molar refractivity (Wildman–Crippen MR) is 77.7 cm³/mol. The maximum Gasteiger partial charge on any atom is 0.172 e. The van der Waals surface area contributed by atoms with E-state index < -0.39 is 8.24 Å². The van der Waals surface area contributed by atoms with Crippen molar-refractivity contribution in [1.29, 1.82) is 0 Å². The van der Waals surface area contributed by atoms with E-state index in [9.17, 15) is 4.79 Å². The third-order valence-corrected chi connectivity index (χ3v) is 6.88. The summed E-state index contributed by atoms with van der Waals surface area (Å²) in [4.78, 5) is 10.9. The lowest BCUT2D eigenvalue weighted by Crippen LogP contribution is -2.48. The van der Waals surface area contributed by atoms with E-state index in [-0.39, 0.29) is 0 Å². The molecule has 18 heavy (non-hydrogen) atoms. The minimum absolute atomic E-state index is 0.706. The number of hydrogen-bond acceptors (Lipinski definition) is 3. The highest BCUT2D eigenvalue weighted by atomic mass is 28.3. The lowest BCUT2D eigenvalue weighted by atomic mass is 10.1. The van der Waals surface area contributed by atoms with E-state index in [2.05, 4.69) is 22.9 Å². The summed E-state index contributed by atoms with van der Waals surface area (Å²) in [5.41, 5.74) is 1.61. The van der Waals surface area contributed by atoms with Crippen LogP contribution in [0.2, 0.25) is 19.1 Å². The van der Waals surface area contributed by atoms with Crippen molar-refractivity contribution in [2.45, 2.75) is 32.0 Å². The first-order chi connectivity index (χ1) is 8.63. The molecule has 0 N–H and O–H groups in total. The van der Waals surface area contributed by atoms with Crippen LogP contribution in [0.25, 0.3) is 0 Å². The molecule has 1 fully saturated rings. The molecule has 1 aliphatic heterocycles. The SMILES string of the molecule is C[Si]1(C)CCCCN1N=Cc1ccccc1C=O. The minimum Gasteiger partial charge on any atom is -0.324 e. The zero-order valence-corrected chi connectivity index (χ0v) is 12.1. The maximum atomic E-state index is 10.9. The summed E-state index contributed by atoms with van der Waals surface area (Å²) in [5, 5.41) is 4.63. The van der Waals surface area contributed by atoms with E-state index in [0.29, 0.717) is 5.56 Å². The van der Waals surface area contributed by atoms with Gasteiger partial charge in [-0.05, 0) is 12.5 Å². The van der Waals surface area contributed by atoms with Gasteiger partial charge in [-0.2, -0.15) is 5.10 Å². The second-order valence-electron chi connectivity index (χ2n) is 5.38. The molecule has 0 spiro atoms. The van der Waals surface area contributed by atoms with Crippen LogP contribution in [0.4, 0.5) is 0 Å². The van der Waals surface area contributed by atoms with Gasteiger partial charge in [0.1, 0.15) is 0 Å². The second-order valence-corrected chi connectivity index (χ2v) is 10.0. The summed E-state index contributed by atoms with van der Waals surface area (Å²) in [6, 6.07) is 8.88. The van der Waals surface area contributed by atoms with Gasteiger partial charge in [-0.15, -0.1) is 0 Å². The molecule has 0 aromatic heterocycles. The van der Waals surface area contributed by atoms with Gasteiger partial charge in [-0.25, -0.2) is 0 Å². The quantitative estimate of drug-likeness (QED) is 0.475. The monoisotopic (exact) mass is 260 g/mol. The molecule has 96 valence electrons. The molecule has 0 aliphatic carbocycles. The first kappa shape index (κ1) is 13.0. The van der Waals surface area contributed by atoms with Crippen molar-refractivity contribution in [2.75, 3.05) is 6.54 Å². The Hall–Kier alpha value is -1.42. The summed E-state index contributed by atoms with van der Waals surface area (Å²) in [6.45, 7) is 5.77. The largest absolute Gasteiger partial charge is 0.324 e. The van der Waals surface area contributed by atoms with E-state index in [1.807, 2.05) is 30.5 Å². The van der Waals surface area contributed by atoms with Crippen LogP contribution in [0.5, 0.6) is 0 Å². The van der Waals surface area contributed by atoms with Crippen molar-refractivity contribution in [1.82, 2.24) is 4.67 Å². The molecule has 4 heteroatoms. The standard InChI is InChI=1S/C14H20N2OSi/c1-18(2)10-6-5-9-16(18)15-11-13-7-3-4-8-14(13)12-17/h3-4,7-8,11-12H,5-6,9-10H2,1-2H3. The normalized spacial score (nSPS) is 19.1. The Balaban J connectivity index is 2.17. The lowest BCUT2D eigenvalue weighted by Gasteiger charge is -2.38. The van der Waals surface area contributed by atoms with Crippen molar-refractivity contribution in [3.8, 4) is 0 Å². The van der Waals surface area contributed by atoms with Crippen LogP contribution < -0.4 is 0 Å². The van der Waals surface area contributed by atoms with Crippen LogP contribution in [-0.4, -0.2) is 32.0 Å². The molecule has 0 atom stereocenters. The van der Waals surface area contributed by atoms with E-state index in [1.165, 1.54) is 18.9 Å². The van der Waals surface area contributed by atoms with E-state index in [1.54, 1.807) is 0 Å². The van der Waals surface area contributed by atoms with Gasteiger partial charge >= 0.3 is 0 Å². The van der Waals surface area contributed by atoms with Gasteiger partial charge in [-0.1, -0.05) is 43.8 Å². The molecule has 1 aromatic rings. The first-order valence-electron chi connectivity index (χ1n) is 6.49. The molecular formula is C14H20N2OSi. The maximum absolute atomic E-state index is 10.9. The highest BCUT2D eigenvalue weighted by molar-refractivity contribution is 6.74. The van der Waals surface area contributed by atoms with Gasteiger partial charge in [-0.3, -0.25) is 4.79 Å². The Morgan fingerprint density at radius 2 is 1.94 bits per heavy atom. The highest BCUT2D eigenvalue weighted by Gasteiger charge is 2.31. The Kier molecular flexibility index (Phi) is 3.96. The zero-order chi connectivity index (χ0) is 13.0. The van der Waals surface area contributed by atoms with Crippen LogP contribution >= 0.6 is 0 Å². The van der Waals surface area contributed by atoms with Gasteiger partial charge < -0.3 is 4.67 Å². The van der Waals surface area contributed by atoms with Gasteiger partial charge in [0.05, 0.1) is 6.21 Å². The van der Waals surface area contributed by atoms with Gasteiger partial charge in [0, 0.05) is 17.7 Å². The second kappa shape index (κ2) is 5.48. The average molecular weight is 260 g/mol. The predicted octanol–water partition coefficient (Wildman–Crippen LogP) is 3.13. The van der Waals surface area contributed by atoms with Gasteiger partial charge in [0.25, 0.3) is 0 Å². The van der Waals surface area contributed by atoms with Crippen molar-refractivity contribution >= 4 is 20.7 Å². The lowest BCUT2D eigenvalue weighted by molar-refractivity contribution is 0.112. The smallest absolute Gasteiger partial charge is 0.172 e. The fourth-order valence-electron chi connectivity index (χ4n) is 2.33. The molecule has 3 nitrogen and oxygen atoms in total. The van der Waals surface area contributed by atoms with Crippen molar-refractivity contribution < 1.29 is 4.79 Å². The molecule has 0 radical (unpaired) electrons. The van der Waals surface area contributed by atoms with Crippen molar-refractivity contribution in [2.24, 2.45) is 5.10 Å². The topological polar surface area (TPSA) is 32.7 Å². The van der Waals surface area contributed by atoms with Crippen molar-refractivity contribution in [3.63, 3.8) is 0 Å². The Labute approximate surface area is 110 Å². The molecule has 0 saturated carbocycles. The molecule has 0 amide bonds. The molecular weight excluding hydrogens is 240 g/mol. The fraction of sp³-hybridized carbons (Fsp3) is 0.429. The van der Waals surface area contributed by atoms with Crippen LogP contribution in [0.1, 0.15) is 28.8 Å². The number of nitrogens with zero attached hydrogens (tertiary/aromatic N) is 2. The van der Waals surface area contributed by atoms with Crippen LogP contribution in [0, 0.1) is 0 Å². The molecule has 2 rings (SSSR count). The number of rotatable bonds is 3. The Morgan fingerprint density at radius 3 is 2.61 bits per heavy atom. The summed E-state index contributed by atoms with van der Waals surface area (Å²) in [5.74, 6) is 0. The number of carbonyl (C=O) groups is 1. The van der Waals surface area contributed by atoms with Crippen molar-refractivity contribution in [3.05, 3.63) is 35.4 Å². The van der Waals surface area contributed by atoms with Gasteiger partial charge in [0.15, 0.2) is 14.5 Å². The molecule has 1 saturated heterocycles. The van der Waals surface area contributed by atoms with E-state index in [0.717, 1.165) is 18.4 Å². The van der Waals surface area contributed by atoms with E-state index in [4.69, 9.17) is 0 Å². The number of hydrazone groups is 1. The molecule has 0 unspecified atom stereocenters. The van der Waals surface area contributed by atoms with E-state index >= 15 is 0 Å². The summed E-state index contributed by atoms with van der Waals surface area (Å²) >= 11 is 0. The number of hydrogen-bond donors (Lipinski definition) is 0. The molecule has 1 heterocycles. The average Bonchev–Trinajstić information content (AvgIpc) is 2.37. The minimum atomic E-state index is -1.35. The third kappa shape index (κ3) is 2.87. The summed E-state index contributed by atoms with van der Waals surface area (Å²) < 4.78 is 2.28. The number of benzene rings is 1. The Morgan fingerprint density at radius 1 is 1.22 bits per heavy atom. The third-order valence-electron chi connectivity index (χ3n) is 3.57. The van der Waals surface area contributed by atoms with Crippen LogP contribution in [-0.2, 0) is 0 Å². The molecule has 1 aromatic carbocycles. The van der Waals surface area contributed by atoms with Gasteiger partial charge in [0.2, 0.25) is 0 Å². The first-order valence-corrected chi connectivity index (χ1v) is 9.65. The fourth-order valence-corrected chi connectivity index (χ4v) is 4.84. The Bertz CT molecular complexity index is 457.